The SMILES string of the molecule is COC(=O)c1cnc(-n2ccnn2)cc1C(F)(F)F. The van der Waals surface area contributed by atoms with Gasteiger partial charge >= 0.3 is 12.1 Å². The second-order valence-electron chi connectivity index (χ2n) is 3.43. The van der Waals surface area contributed by atoms with E-state index in [0.717, 1.165) is 18.0 Å². The fourth-order valence-corrected chi connectivity index (χ4v) is 1.41. The molecular weight excluding hydrogens is 265 g/mol. The molecule has 2 heterocycles. The van der Waals surface area contributed by atoms with Crippen LogP contribution in [0.4, 0.5) is 13.2 Å². The first-order valence-electron chi connectivity index (χ1n) is 4.95. The molecule has 19 heavy (non-hydrogen) atoms. The maximum absolute atomic E-state index is 12.9. The molecule has 0 saturated heterocycles. The summed E-state index contributed by atoms with van der Waals surface area (Å²) in [6.07, 6.45) is -1.28. The van der Waals surface area contributed by atoms with Crippen molar-refractivity contribution < 1.29 is 22.7 Å². The molecule has 0 saturated carbocycles. The van der Waals surface area contributed by atoms with E-state index in [4.69, 9.17) is 0 Å². The van der Waals surface area contributed by atoms with Crippen molar-refractivity contribution in [1.29, 1.82) is 0 Å². The summed E-state index contributed by atoms with van der Waals surface area (Å²) in [5, 5.41) is 6.99. The molecule has 100 valence electrons. The minimum Gasteiger partial charge on any atom is -0.465 e. The lowest BCUT2D eigenvalue weighted by Crippen LogP contribution is -2.16. The Morgan fingerprint density at radius 2 is 2.16 bits per heavy atom. The highest BCUT2D eigenvalue weighted by Crippen LogP contribution is 2.32. The van der Waals surface area contributed by atoms with E-state index in [0.29, 0.717) is 6.07 Å². The van der Waals surface area contributed by atoms with Crippen LogP contribution in [0.1, 0.15) is 15.9 Å². The highest BCUT2D eigenvalue weighted by molar-refractivity contribution is 5.91. The van der Waals surface area contributed by atoms with E-state index in [-0.39, 0.29) is 5.82 Å². The molecule has 0 atom stereocenters. The van der Waals surface area contributed by atoms with E-state index in [1.807, 2.05) is 0 Å². The molecule has 0 aliphatic heterocycles. The Bertz CT molecular complexity index is 595. The van der Waals surface area contributed by atoms with Gasteiger partial charge in [-0.15, -0.1) is 5.10 Å². The van der Waals surface area contributed by atoms with Crippen molar-refractivity contribution in [3.63, 3.8) is 0 Å². The van der Waals surface area contributed by atoms with Crippen LogP contribution in [0.15, 0.2) is 24.7 Å². The Labute approximate surface area is 104 Å². The van der Waals surface area contributed by atoms with E-state index < -0.39 is 23.3 Å². The van der Waals surface area contributed by atoms with Crippen molar-refractivity contribution >= 4 is 5.97 Å². The number of hydrogen-bond donors (Lipinski definition) is 0. The van der Waals surface area contributed by atoms with Crippen LogP contribution in [0.3, 0.4) is 0 Å². The molecule has 0 aliphatic rings. The number of aromatic nitrogens is 4. The van der Waals surface area contributed by atoms with Crippen LogP contribution in [-0.4, -0.2) is 33.1 Å². The first-order chi connectivity index (χ1) is 8.93. The molecule has 0 fully saturated rings. The molecule has 0 bridgehead atoms. The molecule has 2 aromatic heterocycles. The summed E-state index contributed by atoms with van der Waals surface area (Å²) in [4.78, 5) is 15.0. The molecule has 6 nitrogen and oxygen atoms in total. The Kier molecular flexibility index (Phi) is 3.19. The van der Waals surface area contributed by atoms with Crippen molar-refractivity contribution in [2.24, 2.45) is 0 Å². The zero-order valence-corrected chi connectivity index (χ0v) is 9.55. The second-order valence-corrected chi connectivity index (χ2v) is 3.43. The monoisotopic (exact) mass is 272 g/mol. The molecule has 0 aromatic carbocycles. The van der Waals surface area contributed by atoms with Gasteiger partial charge in [0.2, 0.25) is 0 Å². The normalized spacial score (nSPS) is 11.4. The van der Waals surface area contributed by atoms with Gasteiger partial charge in [0.05, 0.1) is 30.6 Å². The van der Waals surface area contributed by atoms with E-state index >= 15 is 0 Å². The van der Waals surface area contributed by atoms with Crippen LogP contribution in [0, 0.1) is 0 Å². The van der Waals surface area contributed by atoms with E-state index in [1.54, 1.807) is 0 Å². The van der Waals surface area contributed by atoms with Crippen LogP contribution in [0.25, 0.3) is 5.82 Å². The standard InChI is InChI=1S/C10H7F3N4O2/c1-19-9(18)6-5-14-8(17-3-2-15-16-17)4-7(6)10(11,12)13/h2-5H,1H3. The van der Waals surface area contributed by atoms with Gasteiger partial charge in [-0.1, -0.05) is 5.21 Å². The summed E-state index contributed by atoms with van der Waals surface area (Å²) in [6.45, 7) is 0. The molecule has 0 radical (unpaired) electrons. The zero-order chi connectivity index (χ0) is 14.0. The van der Waals surface area contributed by atoms with E-state index in [9.17, 15) is 18.0 Å². The van der Waals surface area contributed by atoms with Crippen LogP contribution >= 0.6 is 0 Å². The van der Waals surface area contributed by atoms with Gasteiger partial charge in [0.1, 0.15) is 0 Å². The lowest BCUT2D eigenvalue weighted by Gasteiger charge is -2.12. The van der Waals surface area contributed by atoms with Crippen molar-refractivity contribution in [3.8, 4) is 5.82 Å². The molecular formula is C10H7F3N4O2. The Balaban J connectivity index is 2.57. The molecule has 0 aliphatic carbocycles. The first kappa shape index (κ1) is 13.0. The first-order valence-corrected chi connectivity index (χ1v) is 4.95. The van der Waals surface area contributed by atoms with Crippen molar-refractivity contribution in [2.45, 2.75) is 6.18 Å². The molecule has 9 heteroatoms. The molecule has 2 aromatic rings. The van der Waals surface area contributed by atoms with Gasteiger partial charge in [0.15, 0.2) is 5.82 Å². The van der Waals surface area contributed by atoms with E-state index in [2.05, 4.69) is 20.0 Å². The van der Waals surface area contributed by atoms with Crippen LogP contribution in [0.2, 0.25) is 0 Å². The average Bonchev–Trinajstić information content (AvgIpc) is 2.90. The fraction of sp³-hybridized carbons (Fsp3) is 0.200. The zero-order valence-electron chi connectivity index (χ0n) is 9.55. The number of methoxy groups -OCH3 is 1. The quantitative estimate of drug-likeness (QED) is 0.774. The Morgan fingerprint density at radius 1 is 1.42 bits per heavy atom. The molecule has 2 rings (SSSR count). The number of carbonyl (C=O) groups is 1. The largest absolute Gasteiger partial charge is 0.465 e. The van der Waals surface area contributed by atoms with Crippen LogP contribution in [0.5, 0.6) is 0 Å². The van der Waals surface area contributed by atoms with Gasteiger partial charge in [-0.25, -0.2) is 14.5 Å². The summed E-state index contributed by atoms with van der Waals surface area (Å²) in [5.41, 5.74) is -1.79. The minimum absolute atomic E-state index is 0.0996. The number of nitrogens with zero attached hydrogens (tertiary/aromatic N) is 4. The number of ether oxygens (including phenoxy) is 1. The molecule has 0 N–H and O–H groups in total. The van der Waals surface area contributed by atoms with Gasteiger partial charge < -0.3 is 4.74 Å². The molecule has 0 spiro atoms. The molecule has 0 unspecified atom stereocenters. The summed E-state index contributed by atoms with van der Waals surface area (Å²) in [7, 11) is 0.994. The fourth-order valence-electron chi connectivity index (χ4n) is 1.41. The van der Waals surface area contributed by atoms with Gasteiger partial charge in [-0.05, 0) is 6.07 Å². The highest BCUT2D eigenvalue weighted by atomic mass is 19.4. The third-order valence-electron chi connectivity index (χ3n) is 2.26. The number of hydrogen-bond acceptors (Lipinski definition) is 5. The van der Waals surface area contributed by atoms with Gasteiger partial charge in [-0.3, -0.25) is 0 Å². The summed E-state index contributed by atoms with van der Waals surface area (Å²) < 4.78 is 44.0. The van der Waals surface area contributed by atoms with Crippen molar-refractivity contribution in [1.82, 2.24) is 20.0 Å². The number of pyridine rings is 1. The predicted octanol–water partition coefficient (Wildman–Crippen LogP) is 1.47. The smallest absolute Gasteiger partial charge is 0.417 e. The highest BCUT2D eigenvalue weighted by Gasteiger charge is 2.36. The number of alkyl halides is 3. The summed E-state index contributed by atoms with van der Waals surface area (Å²) >= 11 is 0. The predicted molar refractivity (Wildman–Crippen MR) is 55.5 cm³/mol. The summed E-state index contributed by atoms with van der Waals surface area (Å²) in [6, 6.07) is 0.709. The second kappa shape index (κ2) is 4.67. The van der Waals surface area contributed by atoms with E-state index in [1.165, 1.54) is 12.4 Å². The maximum atomic E-state index is 12.9. The van der Waals surface area contributed by atoms with Gasteiger partial charge in [0, 0.05) is 6.20 Å². The lowest BCUT2D eigenvalue weighted by molar-refractivity contribution is -0.138. The average molecular weight is 272 g/mol. The lowest BCUT2D eigenvalue weighted by atomic mass is 10.1. The number of esters is 1. The maximum Gasteiger partial charge on any atom is 0.417 e. The third-order valence-corrected chi connectivity index (χ3v) is 2.26. The van der Waals surface area contributed by atoms with Crippen LogP contribution in [-0.2, 0) is 10.9 Å². The van der Waals surface area contributed by atoms with Crippen LogP contribution < -0.4 is 0 Å². The Hall–Kier alpha value is -2.45. The number of carbonyl (C=O) groups excluding carboxylic acids is 1. The van der Waals surface area contributed by atoms with Gasteiger partial charge in [0.25, 0.3) is 0 Å². The number of rotatable bonds is 2. The number of halogens is 3. The van der Waals surface area contributed by atoms with Crippen molar-refractivity contribution in [2.75, 3.05) is 7.11 Å². The topological polar surface area (TPSA) is 69.9 Å². The van der Waals surface area contributed by atoms with Crippen molar-refractivity contribution in [3.05, 3.63) is 35.8 Å². The summed E-state index contributed by atoms with van der Waals surface area (Å²) in [5.74, 6) is -1.21. The van der Waals surface area contributed by atoms with Gasteiger partial charge in [-0.2, -0.15) is 13.2 Å². The third kappa shape index (κ3) is 2.54. The molecule has 0 amide bonds. The Morgan fingerprint density at radius 3 is 2.68 bits per heavy atom. The minimum atomic E-state index is -4.71.